The first-order valence-corrected chi connectivity index (χ1v) is 10.1. The molecule has 1 saturated carbocycles. The van der Waals surface area contributed by atoms with Crippen LogP contribution < -0.4 is 5.11 Å². The van der Waals surface area contributed by atoms with E-state index in [1.54, 1.807) is 0 Å². The zero-order chi connectivity index (χ0) is 17.6. The van der Waals surface area contributed by atoms with E-state index in [0.29, 0.717) is 0 Å². The molecule has 23 heavy (non-hydrogen) atoms. The zero-order valence-corrected chi connectivity index (χ0v) is 16.2. The lowest BCUT2D eigenvalue weighted by Crippen LogP contribution is -2.50. The molecule has 0 aromatic carbocycles. The van der Waals surface area contributed by atoms with Crippen LogP contribution in [0.1, 0.15) is 91.9 Å². The number of nitrogens with zero attached hydrogens (tertiary/aromatic N) is 1. The molecule has 0 aromatic heterocycles. The second kappa shape index (κ2) is 13.8. The number of quaternary nitrogens is 1. The van der Waals surface area contributed by atoms with Crippen molar-refractivity contribution in [1.29, 1.82) is 0 Å². The van der Waals surface area contributed by atoms with E-state index in [4.69, 9.17) is 0 Å². The van der Waals surface area contributed by atoms with E-state index >= 15 is 0 Å². The van der Waals surface area contributed by atoms with E-state index in [1.807, 2.05) is 0 Å². The molecule has 0 spiro atoms. The Kier molecular flexibility index (Phi) is 13.5. The third kappa shape index (κ3) is 11.6. The predicted octanol–water partition coefficient (Wildman–Crippen LogP) is 4.15. The molecule has 0 aliphatic heterocycles. The van der Waals surface area contributed by atoms with Crippen molar-refractivity contribution in [1.82, 2.24) is 0 Å². The molecule has 1 fully saturated rings. The maximum atomic E-state index is 9.65. The number of rotatable bonds is 13. The molecule has 1 aliphatic carbocycles. The number of carboxylic acid groups (broad SMARTS) is 1. The summed E-state index contributed by atoms with van der Waals surface area (Å²) in [7, 11) is 0. The molecule has 1 rings (SSSR count). The normalized spacial score (nSPS) is 14.3. The Labute approximate surface area is 145 Å². The number of unbranched alkanes of at least 4 members (excludes halogenated alkanes) is 4. The van der Waals surface area contributed by atoms with E-state index in [1.165, 1.54) is 82.0 Å². The fraction of sp³-hybridized carbons (Fsp3) is 0.950. The third-order valence-electron chi connectivity index (χ3n) is 4.85. The lowest BCUT2D eigenvalue weighted by Gasteiger charge is -2.39. The Balaban J connectivity index is 0.000000664. The standard InChI is InChI=1S/C16H36N.C4H6O2/c1-5-9-13-17(14-10-6-2,15-11-7-3)16-12-8-4;5-4(6)3-1-2-3/h5-16H2,1-4H3;3H,1-2H2,(H,5,6)/q+1;/p-1. The van der Waals surface area contributed by atoms with Gasteiger partial charge in [-0.3, -0.25) is 0 Å². The summed E-state index contributed by atoms with van der Waals surface area (Å²) in [6.07, 6.45) is 12.7. The summed E-state index contributed by atoms with van der Waals surface area (Å²) in [6.45, 7) is 15.0. The monoisotopic (exact) mass is 327 g/mol. The largest absolute Gasteiger partial charge is 0.550 e. The van der Waals surface area contributed by atoms with E-state index in [9.17, 15) is 9.90 Å². The van der Waals surface area contributed by atoms with Gasteiger partial charge >= 0.3 is 0 Å². The molecule has 0 radical (unpaired) electrons. The van der Waals surface area contributed by atoms with Crippen molar-refractivity contribution in [2.75, 3.05) is 26.2 Å². The van der Waals surface area contributed by atoms with Crippen LogP contribution in [0.4, 0.5) is 0 Å². The number of hydrogen-bond donors (Lipinski definition) is 0. The van der Waals surface area contributed by atoms with Crippen LogP contribution in [0.15, 0.2) is 0 Å². The van der Waals surface area contributed by atoms with Crippen LogP contribution in [0, 0.1) is 5.92 Å². The Morgan fingerprint density at radius 2 is 1.09 bits per heavy atom. The van der Waals surface area contributed by atoms with Gasteiger partial charge in [-0.05, 0) is 44.4 Å². The third-order valence-corrected chi connectivity index (χ3v) is 4.85. The zero-order valence-electron chi connectivity index (χ0n) is 16.2. The fourth-order valence-electron chi connectivity index (χ4n) is 2.96. The van der Waals surface area contributed by atoms with Gasteiger partial charge in [-0.1, -0.05) is 53.4 Å². The molecule has 138 valence electrons. The summed E-state index contributed by atoms with van der Waals surface area (Å²) >= 11 is 0. The van der Waals surface area contributed by atoms with Gasteiger partial charge in [0, 0.05) is 5.97 Å². The second-order valence-electron chi connectivity index (χ2n) is 7.24. The van der Waals surface area contributed by atoms with Crippen molar-refractivity contribution in [2.45, 2.75) is 91.9 Å². The lowest BCUT2D eigenvalue weighted by atomic mass is 10.1. The fourth-order valence-corrected chi connectivity index (χ4v) is 2.96. The number of carboxylic acids is 1. The van der Waals surface area contributed by atoms with Crippen molar-refractivity contribution >= 4 is 5.97 Å². The molecule has 0 saturated heterocycles. The first-order valence-electron chi connectivity index (χ1n) is 10.1. The number of aliphatic carboxylic acids is 1. The highest BCUT2D eigenvalue weighted by Crippen LogP contribution is 2.27. The topological polar surface area (TPSA) is 40.1 Å². The van der Waals surface area contributed by atoms with Crippen molar-refractivity contribution in [3.63, 3.8) is 0 Å². The quantitative estimate of drug-likeness (QED) is 0.477. The molecule has 3 heteroatoms. The van der Waals surface area contributed by atoms with Gasteiger partial charge in [-0.25, -0.2) is 0 Å². The van der Waals surface area contributed by atoms with Crippen LogP contribution in [-0.4, -0.2) is 36.6 Å². The molecule has 0 unspecified atom stereocenters. The van der Waals surface area contributed by atoms with Gasteiger partial charge in [0.1, 0.15) is 0 Å². The number of carbonyl (C=O) groups is 1. The Hall–Kier alpha value is -0.570. The van der Waals surface area contributed by atoms with Crippen LogP contribution >= 0.6 is 0 Å². The minimum absolute atomic E-state index is 0.0926. The highest BCUT2D eigenvalue weighted by Gasteiger charge is 2.24. The van der Waals surface area contributed by atoms with Gasteiger partial charge in [-0.2, -0.15) is 0 Å². The first kappa shape index (κ1) is 22.4. The molecule has 0 N–H and O–H groups in total. The summed E-state index contributed by atoms with van der Waals surface area (Å²) in [5.74, 6) is -0.972. The number of hydrogen-bond acceptors (Lipinski definition) is 2. The molecular formula is C20H41NO2. The summed E-state index contributed by atoms with van der Waals surface area (Å²) in [5.41, 5.74) is 0. The molecular weight excluding hydrogens is 286 g/mol. The smallest absolute Gasteiger partial charge is 0.0786 e. The molecule has 0 bridgehead atoms. The van der Waals surface area contributed by atoms with Crippen molar-refractivity contribution in [3.05, 3.63) is 0 Å². The van der Waals surface area contributed by atoms with Crippen molar-refractivity contribution in [3.8, 4) is 0 Å². The van der Waals surface area contributed by atoms with Gasteiger partial charge in [0.2, 0.25) is 0 Å². The first-order chi connectivity index (χ1) is 11.0. The SMILES string of the molecule is CCCC[N+](CCCC)(CCCC)CCCC.O=C([O-])C1CC1. The van der Waals surface area contributed by atoms with E-state index < -0.39 is 5.97 Å². The average molecular weight is 328 g/mol. The predicted molar refractivity (Wildman–Crippen MR) is 97.1 cm³/mol. The van der Waals surface area contributed by atoms with Gasteiger partial charge < -0.3 is 14.4 Å². The number of carbonyl (C=O) groups excluding carboxylic acids is 1. The summed E-state index contributed by atoms with van der Waals surface area (Å²) in [4.78, 5) is 9.65. The van der Waals surface area contributed by atoms with Crippen molar-refractivity contribution in [2.24, 2.45) is 5.92 Å². The average Bonchev–Trinajstić information content (AvgIpc) is 3.39. The highest BCUT2D eigenvalue weighted by molar-refractivity contribution is 5.70. The summed E-state index contributed by atoms with van der Waals surface area (Å²) < 4.78 is 1.42. The van der Waals surface area contributed by atoms with Crippen LogP contribution in [-0.2, 0) is 4.79 Å². The molecule has 0 atom stereocenters. The maximum absolute atomic E-state index is 9.65. The minimum atomic E-state index is -0.880. The molecule has 0 aromatic rings. The maximum Gasteiger partial charge on any atom is 0.0786 e. The highest BCUT2D eigenvalue weighted by atomic mass is 16.4. The van der Waals surface area contributed by atoms with Gasteiger partial charge in [0.05, 0.1) is 26.2 Å². The van der Waals surface area contributed by atoms with Crippen LogP contribution in [0.2, 0.25) is 0 Å². The van der Waals surface area contributed by atoms with Crippen LogP contribution in [0.3, 0.4) is 0 Å². The summed E-state index contributed by atoms with van der Waals surface area (Å²) in [5, 5.41) is 9.65. The van der Waals surface area contributed by atoms with E-state index in [-0.39, 0.29) is 5.92 Å². The summed E-state index contributed by atoms with van der Waals surface area (Å²) in [6, 6.07) is 0. The Morgan fingerprint density at radius 3 is 1.22 bits per heavy atom. The van der Waals surface area contributed by atoms with Crippen molar-refractivity contribution < 1.29 is 14.4 Å². The molecule has 0 amide bonds. The van der Waals surface area contributed by atoms with Crippen LogP contribution in [0.25, 0.3) is 0 Å². The van der Waals surface area contributed by atoms with Crippen LogP contribution in [0.5, 0.6) is 0 Å². The molecule has 0 heterocycles. The van der Waals surface area contributed by atoms with Gasteiger partial charge in [0.25, 0.3) is 0 Å². The molecule has 1 aliphatic rings. The lowest BCUT2D eigenvalue weighted by molar-refractivity contribution is -0.929. The van der Waals surface area contributed by atoms with Gasteiger partial charge in [-0.15, -0.1) is 0 Å². The molecule has 3 nitrogen and oxygen atoms in total. The van der Waals surface area contributed by atoms with E-state index in [2.05, 4.69) is 27.7 Å². The Morgan fingerprint density at radius 1 is 0.783 bits per heavy atom. The van der Waals surface area contributed by atoms with E-state index in [0.717, 1.165) is 12.8 Å². The minimum Gasteiger partial charge on any atom is -0.550 e. The van der Waals surface area contributed by atoms with Gasteiger partial charge in [0.15, 0.2) is 0 Å². The second-order valence-corrected chi connectivity index (χ2v) is 7.24. The Bertz CT molecular complexity index is 250.